The summed E-state index contributed by atoms with van der Waals surface area (Å²) < 4.78 is 20.6. The van der Waals surface area contributed by atoms with Crippen molar-refractivity contribution >= 4 is 5.91 Å². The summed E-state index contributed by atoms with van der Waals surface area (Å²) in [5.74, 6) is 0.428. The van der Waals surface area contributed by atoms with Crippen LogP contribution in [0.3, 0.4) is 0 Å². The molecule has 2 unspecified atom stereocenters. The van der Waals surface area contributed by atoms with Crippen molar-refractivity contribution in [2.24, 2.45) is 0 Å². The standard InChI is InChI=1S/C23H27FN2O3/c24-20-10-3-2-9-19(20)22-14-25(13-17-7-1-4-11-21(17)29-22)15-23(28)26-12-6-5-8-18(26)16-27/h1-4,7,9-11,18,22,27H,5-6,8,12-16H2. The molecule has 2 aromatic rings. The molecule has 2 aromatic carbocycles. The third-order valence-corrected chi connectivity index (χ3v) is 5.83. The molecule has 1 fully saturated rings. The number of amides is 1. The Labute approximate surface area is 170 Å². The van der Waals surface area contributed by atoms with Gasteiger partial charge in [0.05, 0.1) is 19.2 Å². The van der Waals surface area contributed by atoms with Crippen molar-refractivity contribution in [1.29, 1.82) is 0 Å². The minimum Gasteiger partial charge on any atom is -0.484 e. The minimum atomic E-state index is -0.498. The summed E-state index contributed by atoms with van der Waals surface area (Å²) in [6.45, 7) is 1.87. The van der Waals surface area contributed by atoms with Crippen LogP contribution in [-0.2, 0) is 11.3 Å². The summed E-state index contributed by atoms with van der Waals surface area (Å²) in [4.78, 5) is 16.9. The first-order valence-corrected chi connectivity index (χ1v) is 10.3. The summed E-state index contributed by atoms with van der Waals surface area (Å²) in [5, 5.41) is 9.64. The Morgan fingerprint density at radius 3 is 2.76 bits per heavy atom. The summed E-state index contributed by atoms with van der Waals surface area (Å²) in [6.07, 6.45) is 2.34. The smallest absolute Gasteiger partial charge is 0.237 e. The third-order valence-electron chi connectivity index (χ3n) is 5.83. The van der Waals surface area contributed by atoms with Crippen molar-refractivity contribution in [3.8, 4) is 5.75 Å². The van der Waals surface area contributed by atoms with Crippen LogP contribution >= 0.6 is 0 Å². The quantitative estimate of drug-likeness (QED) is 0.860. The number of piperidine rings is 1. The average molecular weight is 398 g/mol. The first kappa shape index (κ1) is 19.9. The molecule has 2 aliphatic rings. The van der Waals surface area contributed by atoms with Gasteiger partial charge in [-0.15, -0.1) is 0 Å². The number of benzene rings is 2. The molecule has 1 saturated heterocycles. The number of fused-ring (bicyclic) bond motifs is 1. The number of likely N-dealkylation sites (tertiary alicyclic amines) is 1. The van der Waals surface area contributed by atoms with Crippen molar-refractivity contribution in [2.45, 2.75) is 38.0 Å². The van der Waals surface area contributed by atoms with Gasteiger partial charge >= 0.3 is 0 Å². The highest BCUT2D eigenvalue weighted by molar-refractivity contribution is 5.78. The van der Waals surface area contributed by atoms with Crippen molar-refractivity contribution in [3.63, 3.8) is 0 Å². The van der Waals surface area contributed by atoms with Gasteiger partial charge in [-0.05, 0) is 31.4 Å². The number of hydrogen-bond donors (Lipinski definition) is 1. The minimum absolute atomic E-state index is 0.00443. The molecular weight excluding hydrogens is 371 g/mol. The van der Waals surface area contributed by atoms with Gasteiger partial charge in [0.25, 0.3) is 0 Å². The van der Waals surface area contributed by atoms with Crippen LogP contribution in [0.5, 0.6) is 5.75 Å². The van der Waals surface area contributed by atoms with Gasteiger partial charge in [-0.3, -0.25) is 9.69 Å². The SMILES string of the molecule is O=C(CN1Cc2ccccc2OC(c2ccccc2F)C1)N1CCCCC1CO. The molecule has 0 bridgehead atoms. The lowest BCUT2D eigenvalue weighted by atomic mass is 10.0. The molecule has 5 nitrogen and oxygen atoms in total. The van der Waals surface area contributed by atoms with E-state index in [1.807, 2.05) is 29.2 Å². The van der Waals surface area contributed by atoms with Gasteiger partial charge in [0.2, 0.25) is 5.91 Å². The molecule has 0 radical (unpaired) electrons. The van der Waals surface area contributed by atoms with Crippen LogP contribution in [0.25, 0.3) is 0 Å². The van der Waals surface area contributed by atoms with E-state index in [9.17, 15) is 14.3 Å². The van der Waals surface area contributed by atoms with Crippen LogP contribution < -0.4 is 4.74 Å². The van der Waals surface area contributed by atoms with Crippen molar-refractivity contribution < 1.29 is 19.0 Å². The maximum atomic E-state index is 14.5. The van der Waals surface area contributed by atoms with Crippen molar-refractivity contribution in [1.82, 2.24) is 9.80 Å². The number of para-hydroxylation sites is 1. The van der Waals surface area contributed by atoms with Crippen LogP contribution in [0.4, 0.5) is 4.39 Å². The number of aliphatic hydroxyl groups is 1. The fourth-order valence-corrected chi connectivity index (χ4v) is 4.30. The highest BCUT2D eigenvalue weighted by Gasteiger charge is 2.31. The third kappa shape index (κ3) is 4.43. The van der Waals surface area contributed by atoms with Crippen LogP contribution in [-0.4, -0.2) is 53.1 Å². The second kappa shape index (κ2) is 8.93. The van der Waals surface area contributed by atoms with Crippen LogP contribution in [0, 0.1) is 5.82 Å². The topological polar surface area (TPSA) is 53.0 Å². The largest absolute Gasteiger partial charge is 0.484 e. The molecule has 2 aliphatic heterocycles. The molecule has 29 heavy (non-hydrogen) atoms. The van der Waals surface area contributed by atoms with E-state index in [0.29, 0.717) is 25.2 Å². The van der Waals surface area contributed by atoms with E-state index in [0.717, 1.165) is 30.6 Å². The molecule has 0 aromatic heterocycles. The summed E-state index contributed by atoms with van der Waals surface area (Å²) in [7, 11) is 0. The molecule has 6 heteroatoms. The van der Waals surface area contributed by atoms with Crippen molar-refractivity contribution in [2.75, 3.05) is 26.2 Å². The monoisotopic (exact) mass is 398 g/mol. The molecule has 2 atom stereocenters. The van der Waals surface area contributed by atoms with E-state index in [1.54, 1.807) is 23.1 Å². The lowest BCUT2D eigenvalue weighted by Crippen LogP contribution is -2.49. The molecule has 4 rings (SSSR count). The summed E-state index contributed by atoms with van der Waals surface area (Å²) in [6, 6.07) is 14.2. The molecule has 0 spiro atoms. The van der Waals surface area contributed by atoms with E-state index >= 15 is 0 Å². The molecule has 0 saturated carbocycles. The number of nitrogens with zero attached hydrogens (tertiary/aromatic N) is 2. The van der Waals surface area contributed by atoms with E-state index in [-0.39, 0.29) is 30.9 Å². The number of ether oxygens (including phenoxy) is 1. The second-order valence-electron chi connectivity index (χ2n) is 7.82. The Morgan fingerprint density at radius 2 is 1.93 bits per heavy atom. The average Bonchev–Trinajstić information content (AvgIpc) is 2.92. The zero-order valence-electron chi connectivity index (χ0n) is 16.5. The first-order chi connectivity index (χ1) is 14.2. The Bertz CT molecular complexity index is 860. The molecular formula is C23H27FN2O3. The Morgan fingerprint density at radius 1 is 1.14 bits per heavy atom. The highest BCUT2D eigenvalue weighted by Crippen LogP contribution is 2.32. The van der Waals surface area contributed by atoms with E-state index in [2.05, 4.69) is 0 Å². The maximum absolute atomic E-state index is 14.5. The molecule has 2 heterocycles. The molecule has 1 amide bonds. The van der Waals surface area contributed by atoms with Gasteiger partial charge in [-0.1, -0.05) is 36.4 Å². The number of carbonyl (C=O) groups excluding carboxylic acids is 1. The van der Waals surface area contributed by atoms with Gasteiger partial charge in [0.1, 0.15) is 17.7 Å². The van der Waals surface area contributed by atoms with Gasteiger partial charge in [-0.25, -0.2) is 4.39 Å². The van der Waals surface area contributed by atoms with E-state index < -0.39 is 6.10 Å². The zero-order chi connectivity index (χ0) is 20.2. The number of carbonyl (C=O) groups is 1. The summed E-state index contributed by atoms with van der Waals surface area (Å²) in [5.41, 5.74) is 1.48. The Balaban J connectivity index is 1.57. The van der Waals surface area contributed by atoms with Crippen LogP contribution in [0.2, 0.25) is 0 Å². The van der Waals surface area contributed by atoms with Gasteiger partial charge in [0.15, 0.2) is 0 Å². The lowest BCUT2D eigenvalue weighted by molar-refractivity contribution is -0.137. The molecule has 1 N–H and O–H groups in total. The van der Waals surface area contributed by atoms with E-state index in [4.69, 9.17) is 4.74 Å². The van der Waals surface area contributed by atoms with E-state index in [1.165, 1.54) is 6.07 Å². The van der Waals surface area contributed by atoms with Gasteiger partial charge < -0.3 is 14.7 Å². The maximum Gasteiger partial charge on any atom is 0.237 e. The van der Waals surface area contributed by atoms with Gasteiger partial charge in [0, 0.05) is 30.8 Å². The molecule has 154 valence electrons. The van der Waals surface area contributed by atoms with Crippen LogP contribution in [0.1, 0.15) is 36.5 Å². The van der Waals surface area contributed by atoms with Crippen molar-refractivity contribution in [3.05, 3.63) is 65.5 Å². The summed E-state index contributed by atoms with van der Waals surface area (Å²) >= 11 is 0. The number of aliphatic hydroxyl groups excluding tert-OH is 1. The predicted molar refractivity (Wildman–Crippen MR) is 108 cm³/mol. The normalized spacial score (nSPS) is 22.5. The number of hydrogen-bond acceptors (Lipinski definition) is 4. The van der Waals surface area contributed by atoms with Gasteiger partial charge in [-0.2, -0.15) is 0 Å². The second-order valence-corrected chi connectivity index (χ2v) is 7.82. The Hall–Kier alpha value is -2.44. The fraction of sp³-hybridized carbons (Fsp3) is 0.435. The number of rotatable bonds is 4. The lowest BCUT2D eigenvalue weighted by Gasteiger charge is -2.36. The predicted octanol–water partition coefficient (Wildman–Crippen LogP) is 3.13. The Kier molecular flexibility index (Phi) is 6.11. The zero-order valence-corrected chi connectivity index (χ0v) is 16.5. The number of halogens is 1. The molecule has 0 aliphatic carbocycles. The fourth-order valence-electron chi connectivity index (χ4n) is 4.30. The highest BCUT2D eigenvalue weighted by atomic mass is 19.1. The van der Waals surface area contributed by atoms with Crippen LogP contribution in [0.15, 0.2) is 48.5 Å². The first-order valence-electron chi connectivity index (χ1n) is 10.3.